The average Bonchev–Trinajstić information content (AvgIpc) is 2.28. The minimum atomic E-state index is -0.538. The molecule has 0 saturated heterocycles. The van der Waals surface area contributed by atoms with Gasteiger partial charge in [-0.2, -0.15) is 0 Å². The second-order valence-corrected chi connectivity index (χ2v) is 4.68. The van der Waals surface area contributed by atoms with Crippen LogP contribution in [0.15, 0.2) is 24.4 Å². The standard InChI is InChI=1S/C14H18N2O2/c1-5-6-11-16(12-9-7-8-10-15-12)13(17)18-14(2,3)4/h7-10H,11H2,1-4H3. The number of carbonyl (C=O) groups excluding carboxylic acids is 1. The highest BCUT2D eigenvalue weighted by Crippen LogP contribution is 2.15. The summed E-state index contributed by atoms with van der Waals surface area (Å²) in [4.78, 5) is 17.6. The van der Waals surface area contributed by atoms with E-state index in [0.717, 1.165) is 0 Å². The molecule has 1 aromatic rings. The molecule has 4 heteroatoms. The monoisotopic (exact) mass is 246 g/mol. The highest BCUT2D eigenvalue weighted by Gasteiger charge is 2.23. The molecule has 0 bridgehead atoms. The Bertz CT molecular complexity index is 452. The van der Waals surface area contributed by atoms with Crippen molar-refractivity contribution in [3.05, 3.63) is 24.4 Å². The molecule has 0 aliphatic heterocycles. The Morgan fingerprint density at radius 1 is 1.44 bits per heavy atom. The van der Waals surface area contributed by atoms with E-state index in [-0.39, 0.29) is 6.54 Å². The molecule has 4 nitrogen and oxygen atoms in total. The zero-order chi connectivity index (χ0) is 13.6. The summed E-state index contributed by atoms with van der Waals surface area (Å²) in [5, 5.41) is 0. The van der Waals surface area contributed by atoms with Crippen LogP contribution in [0.3, 0.4) is 0 Å². The van der Waals surface area contributed by atoms with E-state index >= 15 is 0 Å². The second kappa shape index (κ2) is 6.06. The van der Waals surface area contributed by atoms with E-state index in [4.69, 9.17) is 4.74 Å². The maximum Gasteiger partial charge on any atom is 0.416 e. The number of anilines is 1. The van der Waals surface area contributed by atoms with Gasteiger partial charge in [0, 0.05) is 6.20 Å². The molecule has 0 spiro atoms. The Morgan fingerprint density at radius 2 is 2.17 bits per heavy atom. The Labute approximate surface area is 108 Å². The van der Waals surface area contributed by atoms with E-state index < -0.39 is 11.7 Å². The van der Waals surface area contributed by atoms with Crippen LogP contribution in [-0.4, -0.2) is 23.2 Å². The molecule has 1 aromatic heterocycles. The molecule has 0 aliphatic carbocycles. The van der Waals surface area contributed by atoms with E-state index in [2.05, 4.69) is 16.8 Å². The summed E-state index contributed by atoms with van der Waals surface area (Å²) in [6, 6.07) is 5.36. The van der Waals surface area contributed by atoms with Gasteiger partial charge in [0.2, 0.25) is 0 Å². The van der Waals surface area contributed by atoms with Gasteiger partial charge in [-0.1, -0.05) is 12.0 Å². The number of nitrogens with zero attached hydrogens (tertiary/aromatic N) is 2. The Kier molecular flexibility index (Phi) is 4.73. The van der Waals surface area contributed by atoms with Gasteiger partial charge in [-0.05, 0) is 39.8 Å². The normalized spacial score (nSPS) is 10.2. The van der Waals surface area contributed by atoms with Crippen LogP contribution >= 0.6 is 0 Å². The van der Waals surface area contributed by atoms with E-state index in [0.29, 0.717) is 5.82 Å². The Hall–Kier alpha value is -2.02. The molecule has 0 atom stereocenters. The van der Waals surface area contributed by atoms with Crippen molar-refractivity contribution in [3.8, 4) is 11.8 Å². The van der Waals surface area contributed by atoms with Crippen LogP contribution in [0.1, 0.15) is 27.7 Å². The molecule has 1 amide bonds. The Morgan fingerprint density at radius 3 is 2.67 bits per heavy atom. The lowest BCUT2D eigenvalue weighted by atomic mass is 10.2. The Balaban J connectivity index is 2.91. The number of ether oxygens (including phenoxy) is 1. The summed E-state index contributed by atoms with van der Waals surface area (Å²) >= 11 is 0. The molecular formula is C14H18N2O2. The van der Waals surface area contributed by atoms with E-state index in [1.165, 1.54) is 4.90 Å². The van der Waals surface area contributed by atoms with Gasteiger partial charge in [0.1, 0.15) is 11.4 Å². The maximum atomic E-state index is 12.1. The van der Waals surface area contributed by atoms with Gasteiger partial charge in [0.15, 0.2) is 0 Å². The number of amides is 1. The minimum absolute atomic E-state index is 0.266. The number of aromatic nitrogens is 1. The molecule has 1 rings (SSSR count). The van der Waals surface area contributed by atoms with Crippen LogP contribution < -0.4 is 4.90 Å². The van der Waals surface area contributed by atoms with Crippen molar-refractivity contribution in [3.63, 3.8) is 0 Å². The molecule has 18 heavy (non-hydrogen) atoms. The van der Waals surface area contributed by atoms with Crippen molar-refractivity contribution < 1.29 is 9.53 Å². The van der Waals surface area contributed by atoms with Gasteiger partial charge < -0.3 is 4.74 Å². The van der Waals surface area contributed by atoms with Crippen molar-refractivity contribution in [2.75, 3.05) is 11.4 Å². The molecule has 0 saturated carbocycles. The van der Waals surface area contributed by atoms with Crippen molar-refractivity contribution in [1.82, 2.24) is 4.98 Å². The van der Waals surface area contributed by atoms with Crippen LogP contribution in [0, 0.1) is 11.8 Å². The highest BCUT2D eigenvalue weighted by molar-refractivity contribution is 5.87. The highest BCUT2D eigenvalue weighted by atomic mass is 16.6. The number of hydrogen-bond acceptors (Lipinski definition) is 3. The molecule has 0 unspecified atom stereocenters. The third-order valence-corrected chi connectivity index (χ3v) is 1.95. The van der Waals surface area contributed by atoms with E-state index in [9.17, 15) is 4.79 Å². The first-order valence-corrected chi connectivity index (χ1v) is 5.75. The number of pyridine rings is 1. The van der Waals surface area contributed by atoms with Gasteiger partial charge in [-0.3, -0.25) is 0 Å². The summed E-state index contributed by atoms with van der Waals surface area (Å²) in [6.07, 6.45) is 1.19. The fourth-order valence-electron chi connectivity index (χ4n) is 1.23. The molecule has 1 heterocycles. The van der Waals surface area contributed by atoms with Gasteiger partial charge >= 0.3 is 6.09 Å². The first kappa shape index (κ1) is 14.0. The summed E-state index contributed by atoms with van der Waals surface area (Å²) in [6.45, 7) is 7.47. The third kappa shape index (κ3) is 4.46. The minimum Gasteiger partial charge on any atom is -0.443 e. The van der Waals surface area contributed by atoms with Gasteiger partial charge in [0.25, 0.3) is 0 Å². The topological polar surface area (TPSA) is 42.4 Å². The quantitative estimate of drug-likeness (QED) is 0.753. The molecular weight excluding hydrogens is 228 g/mol. The SMILES string of the molecule is CC#CCN(C(=O)OC(C)(C)C)c1ccccn1. The fourth-order valence-corrected chi connectivity index (χ4v) is 1.23. The summed E-state index contributed by atoms with van der Waals surface area (Å²) < 4.78 is 5.33. The molecule has 0 aromatic carbocycles. The van der Waals surface area contributed by atoms with E-state index in [1.54, 1.807) is 25.3 Å². The molecule has 0 aliphatic rings. The van der Waals surface area contributed by atoms with E-state index in [1.807, 2.05) is 26.8 Å². The van der Waals surface area contributed by atoms with Crippen LogP contribution in [0.5, 0.6) is 0 Å². The van der Waals surface area contributed by atoms with Gasteiger partial charge in [0.05, 0.1) is 6.54 Å². The zero-order valence-electron chi connectivity index (χ0n) is 11.2. The lowest BCUT2D eigenvalue weighted by Crippen LogP contribution is -2.37. The maximum absolute atomic E-state index is 12.1. The third-order valence-electron chi connectivity index (χ3n) is 1.95. The summed E-state index contributed by atoms with van der Waals surface area (Å²) in [5.74, 6) is 6.14. The zero-order valence-corrected chi connectivity index (χ0v) is 11.2. The van der Waals surface area contributed by atoms with Crippen molar-refractivity contribution in [2.45, 2.75) is 33.3 Å². The summed E-state index contributed by atoms with van der Waals surface area (Å²) in [7, 11) is 0. The first-order valence-electron chi connectivity index (χ1n) is 5.75. The second-order valence-electron chi connectivity index (χ2n) is 4.68. The van der Waals surface area contributed by atoms with Crippen LogP contribution in [0.2, 0.25) is 0 Å². The fraction of sp³-hybridized carbons (Fsp3) is 0.429. The lowest BCUT2D eigenvalue weighted by molar-refractivity contribution is 0.0584. The summed E-state index contributed by atoms with van der Waals surface area (Å²) in [5.41, 5.74) is -0.538. The average molecular weight is 246 g/mol. The smallest absolute Gasteiger partial charge is 0.416 e. The van der Waals surface area contributed by atoms with Crippen molar-refractivity contribution >= 4 is 11.9 Å². The predicted molar refractivity (Wildman–Crippen MR) is 71.3 cm³/mol. The van der Waals surface area contributed by atoms with Gasteiger partial charge in [-0.25, -0.2) is 14.7 Å². The first-order chi connectivity index (χ1) is 8.44. The number of hydrogen-bond donors (Lipinski definition) is 0. The van der Waals surface area contributed by atoms with Crippen molar-refractivity contribution in [2.24, 2.45) is 0 Å². The van der Waals surface area contributed by atoms with Crippen LogP contribution in [-0.2, 0) is 4.74 Å². The molecule has 0 fully saturated rings. The van der Waals surface area contributed by atoms with Crippen LogP contribution in [0.25, 0.3) is 0 Å². The lowest BCUT2D eigenvalue weighted by Gasteiger charge is -2.25. The molecule has 0 N–H and O–H groups in total. The van der Waals surface area contributed by atoms with Crippen molar-refractivity contribution in [1.29, 1.82) is 0 Å². The largest absolute Gasteiger partial charge is 0.443 e. The van der Waals surface area contributed by atoms with Gasteiger partial charge in [-0.15, -0.1) is 5.92 Å². The predicted octanol–water partition coefficient (Wildman–Crippen LogP) is 2.85. The molecule has 96 valence electrons. The molecule has 0 radical (unpaired) electrons. The number of rotatable bonds is 2. The number of carbonyl (C=O) groups is 1. The van der Waals surface area contributed by atoms with Crippen LogP contribution in [0.4, 0.5) is 10.6 Å².